The van der Waals surface area contributed by atoms with Gasteiger partial charge in [0.2, 0.25) is 16.2 Å². The first-order valence-corrected chi connectivity index (χ1v) is 5.55. The summed E-state index contributed by atoms with van der Waals surface area (Å²) in [7, 11) is 0. The number of H-pyrrole nitrogens is 1. The Labute approximate surface area is 88.8 Å². The van der Waals surface area contributed by atoms with Crippen LogP contribution in [-0.2, 0) is 11.1 Å². The molecule has 1 aromatic heterocycles. The van der Waals surface area contributed by atoms with Gasteiger partial charge in [-0.1, -0.05) is 0 Å². The first kappa shape index (κ1) is 10.1. The summed E-state index contributed by atoms with van der Waals surface area (Å²) in [5.74, 6) is 0.712. The third kappa shape index (κ3) is 2.00. The summed E-state index contributed by atoms with van der Waals surface area (Å²) >= 11 is -2.08. The second kappa shape index (κ2) is 4.00. The molecular formula is C9H10N2O3S. The van der Waals surface area contributed by atoms with Crippen LogP contribution in [0.25, 0.3) is 11.0 Å². The number of aromatic nitrogens is 2. The number of nitrogens with zero attached hydrogens (tertiary/aromatic N) is 1. The van der Waals surface area contributed by atoms with Crippen LogP contribution in [0.2, 0.25) is 0 Å². The first-order chi connectivity index (χ1) is 7.20. The number of ether oxygens (including phenoxy) is 1. The van der Waals surface area contributed by atoms with Crippen LogP contribution in [0.5, 0.6) is 5.75 Å². The minimum Gasteiger partial charge on any atom is -0.494 e. The molecule has 0 radical (unpaired) electrons. The van der Waals surface area contributed by atoms with E-state index in [1.807, 2.05) is 6.92 Å². The van der Waals surface area contributed by atoms with E-state index in [1.165, 1.54) is 0 Å². The second-order valence-corrected chi connectivity index (χ2v) is 3.79. The van der Waals surface area contributed by atoms with Crippen LogP contribution in [0.4, 0.5) is 0 Å². The highest BCUT2D eigenvalue weighted by Crippen LogP contribution is 2.19. The van der Waals surface area contributed by atoms with Gasteiger partial charge in [0.15, 0.2) is 0 Å². The van der Waals surface area contributed by atoms with E-state index in [9.17, 15) is 4.21 Å². The minimum atomic E-state index is -2.08. The summed E-state index contributed by atoms with van der Waals surface area (Å²) in [6, 6.07) is 5.27. The highest BCUT2D eigenvalue weighted by Gasteiger charge is 2.07. The lowest BCUT2D eigenvalue weighted by Crippen LogP contribution is -1.90. The number of rotatable bonds is 3. The molecule has 1 aromatic carbocycles. The standard InChI is InChI=1S/C9H10N2O3S/c1-2-14-6-3-4-7-8(5-6)11-9(10-7)15(12)13/h3-5H,2H2,1H3,(H,10,11)(H,12,13). The van der Waals surface area contributed by atoms with Crippen LogP contribution in [0.15, 0.2) is 23.4 Å². The zero-order chi connectivity index (χ0) is 10.8. The molecule has 2 aromatic rings. The molecule has 1 heterocycles. The van der Waals surface area contributed by atoms with Crippen LogP contribution in [0, 0.1) is 0 Å². The summed E-state index contributed by atoms with van der Waals surface area (Å²) in [4.78, 5) is 6.70. The topological polar surface area (TPSA) is 75.2 Å². The van der Waals surface area contributed by atoms with E-state index in [0.717, 1.165) is 0 Å². The number of fused-ring (bicyclic) bond motifs is 1. The zero-order valence-electron chi connectivity index (χ0n) is 8.06. The van der Waals surface area contributed by atoms with Crippen LogP contribution in [0.3, 0.4) is 0 Å². The molecule has 0 aliphatic carbocycles. The Balaban J connectivity index is 2.47. The van der Waals surface area contributed by atoms with Crippen molar-refractivity contribution < 1.29 is 13.5 Å². The van der Waals surface area contributed by atoms with Gasteiger partial charge in [-0.2, -0.15) is 0 Å². The van der Waals surface area contributed by atoms with Gasteiger partial charge in [0.25, 0.3) is 0 Å². The Morgan fingerprint density at radius 2 is 2.40 bits per heavy atom. The molecule has 0 saturated carbocycles. The molecule has 0 fully saturated rings. The van der Waals surface area contributed by atoms with Gasteiger partial charge in [0.05, 0.1) is 17.6 Å². The fourth-order valence-corrected chi connectivity index (χ4v) is 1.68. The van der Waals surface area contributed by atoms with Crippen molar-refractivity contribution in [2.45, 2.75) is 12.1 Å². The predicted octanol–water partition coefficient (Wildman–Crippen LogP) is 1.54. The number of hydrogen-bond acceptors (Lipinski definition) is 3. The highest BCUT2D eigenvalue weighted by molar-refractivity contribution is 7.79. The SMILES string of the molecule is CCOc1ccc2nc(S(=O)O)[nH]c2c1. The lowest BCUT2D eigenvalue weighted by Gasteiger charge is -2.00. The van der Waals surface area contributed by atoms with Crippen molar-refractivity contribution in [2.24, 2.45) is 0 Å². The van der Waals surface area contributed by atoms with Gasteiger partial charge in [-0.15, -0.1) is 0 Å². The smallest absolute Gasteiger partial charge is 0.225 e. The average molecular weight is 226 g/mol. The van der Waals surface area contributed by atoms with Gasteiger partial charge in [-0.25, -0.2) is 9.19 Å². The van der Waals surface area contributed by atoms with Crippen molar-refractivity contribution in [3.63, 3.8) is 0 Å². The maximum absolute atomic E-state index is 10.8. The fraction of sp³-hybridized carbons (Fsp3) is 0.222. The largest absolute Gasteiger partial charge is 0.494 e. The Morgan fingerprint density at radius 3 is 3.07 bits per heavy atom. The van der Waals surface area contributed by atoms with Gasteiger partial charge in [0.1, 0.15) is 5.75 Å². The van der Waals surface area contributed by atoms with E-state index in [1.54, 1.807) is 18.2 Å². The van der Waals surface area contributed by atoms with Gasteiger partial charge in [-0.3, -0.25) is 4.55 Å². The van der Waals surface area contributed by atoms with E-state index in [-0.39, 0.29) is 5.16 Å². The number of aromatic amines is 1. The fourth-order valence-electron chi connectivity index (χ4n) is 1.30. The molecule has 0 bridgehead atoms. The summed E-state index contributed by atoms with van der Waals surface area (Å²) in [5.41, 5.74) is 1.34. The average Bonchev–Trinajstić information content (AvgIpc) is 2.61. The molecule has 15 heavy (non-hydrogen) atoms. The van der Waals surface area contributed by atoms with Crippen molar-refractivity contribution in [3.8, 4) is 5.75 Å². The molecule has 0 saturated heterocycles. The summed E-state index contributed by atoms with van der Waals surface area (Å²) in [6.45, 7) is 2.48. The number of nitrogens with one attached hydrogen (secondary N) is 1. The monoisotopic (exact) mass is 226 g/mol. The van der Waals surface area contributed by atoms with Gasteiger partial charge >= 0.3 is 0 Å². The Hall–Kier alpha value is -1.40. The van der Waals surface area contributed by atoms with Crippen LogP contribution in [-0.4, -0.2) is 25.3 Å². The van der Waals surface area contributed by atoms with Crippen molar-refractivity contribution >= 4 is 22.1 Å². The predicted molar refractivity (Wildman–Crippen MR) is 56.3 cm³/mol. The summed E-state index contributed by atoms with van der Waals surface area (Å²) in [6.07, 6.45) is 0. The first-order valence-electron chi connectivity index (χ1n) is 4.44. The highest BCUT2D eigenvalue weighted by atomic mass is 32.2. The molecule has 5 nitrogen and oxygen atoms in total. The molecule has 80 valence electrons. The summed E-state index contributed by atoms with van der Waals surface area (Å²) < 4.78 is 24.9. The lowest BCUT2D eigenvalue weighted by atomic mass is 10.3. The molecule has 1 atom stereocenters. The van der Waals surface area contributed by atoms with Crippen molar-refractivity contribution in [1.29, 1.82) is 0 Å². The molecule has 0 amide bonds. The van der Waals surface area contributed by atoms with Gasteiger partial charge < -0.3 is 9.72 Å². The normalized spacial score (nSPS) is 12.9. The number of hydrogen-bond donors (Lipinski definition) is 2. The summed E-state index contributed by atoms with van der Waals surface area (Å²) in [5, 5.41) is 0.0543. The maximum atomic E-state index is 10.8. The van der Waals surface area contributed by atoms with Crippen LogP contribution >= 0.6 is 0 Å². The van der Waals surface area contributed by atoms with Crippen molar-refractivity contribution in [2.75, 3.05) is 6.61 Å². The third-order valence-corrected chi connectivity index (χ3v) is 2.43. The number of benzene rings is 1. The third-order valence-electron chi connectivity index (χ3n) is 1.91. The number of imidazole rings is 1. The molecule has 2 N–H and O–H groups in total. The lowest BCUT2D eigenvalue weighted by molar-refractivity contribution is 0.340. The van der Waals surface area contributed by atoms with E-state index in [0.29, 0.717) is 23.4 Å². The molecular weight excluding hydrogens is 216 g/mol. The molecule has 2 rings (SSSR count). The minimum absolute atomic E-state index is 0.0543. The van der Waals surface area contributed by atoms with Crippen molar-refractivity contribution in [3.05, 3.63) is 18.2 Å². The van der Waals surface area contributed by atoms with E-state index >= 15 is 0 Å². The van der Waals surface area contributed by atoms with Crippen LogP contribution < -0.4 is 4.74 Å². The Morgan fingerprint density at radius 1 is 1.60 bits per heavy atom. The zero-order valence-corrected chi connectivity index (χ0v) is 8.87. The Bertz CT molecular complexity index is 509. The molecule has 0 aliphatic heterocycles. The molecule has 0 spiro atoms. The second-order valence-electron chi connectivity index (χ2n) is 2.90. The van der Waals surface area contributed by atoms with Crippen molar-refractivity contribution in [1.82, 2.24) is 9.97 Å². The van der Waals surface area contributed by atoms with E-state index in [4.69, 9.17) is 9.29 Å². The Kier molecular flexibility index (Phi) is 2.70. The van der Waals surface area contributed by atoms with Gasteiger partial charge in [0, 0.05) is 6.07 Å². The van der Waals surface area contributed by atoms with Crippen LogP contribution in [0.1, 0.15) is 6.92 Å². The van der Waals surface area contributed by atoms with E-state index < -0.39 is 11.1 Å². The molecule has 1 unspecified atom stereocenters. The quantitative estimate of drug-likeness (QED) is 0.778. The molecule has 0 aliphatic rings. The van der Waals surface area contributed by atoms with E-state index in [2.05, 4.69) is 9.97 Å². The maximum Gasteiger partial charge on any atom is 0.225 e. The molecule has 6 heteroatoms. The van der Waals surface area contributed by atoms with Gasteiger partial charge in [-0.05, 0) is 19.1 Å².